The maximum Gasteiger partial charge on any atom is 0.254 e. The maximum atomic E-state index is 12.6. The minimum Gasteiger partial charge on any atom is -0.372 e. The third kappa shape index (κ3) is 2.97. The molecule has 21 heavy (non-hydrogen) atoms. The molecule has 0 aromatic heterocycles. The molecule has 1 atom stereocenters. The Morgan fingerprint density at radius 2 is 1.86 bits per heavy atom. The molecule has 1 fully saturated rings. The van der Waals surface area contributed by atoms with Crippen molar-refractivity contribution in [3.63, 3.8) is 0 Å². The van der Waals surface area contributed by atoms with E-state index < -0.39 is 0 Å². The van der Waals surface area contributed by atoms with Gasteiger partial charge in [0.2, 0.25) is 0 Å². The molecule has 1 aromatic rings. The topological polar surface area (TPSA) is 23.6 Å². The number of hydrogen-bond acceptors (Lipinski definition) is 2. The van der Waals surface area contributed by atoms with Crippen molar-refractivity contribution >= 4 is 11.6 Å². The minimum absolute atomic E-state index is 0.150. The first-order valence-corrected chi connectivity index (χ1v) is 8.12. The summed E-state index contributed by atoms with van der Waals surface area (Å²) in [4.78, 5) is 17.0. The molecule has 0 aliphatic carbocycles. The van der Waals surface area contributed by atoms with Gasteiger partial charge in [-0.3, -0.25) is 4.79 Å². The SMILES string of the molecule is CC[C@@H]1C=CCN1C(=O)c1ccc(N2CCCCC2)cc1. The highest BCUT2D eigenvalue weighted by molar-refractivity contribution is 5.95. The van der Waals surface area contributed by atoms with Gasteiger partial charge in [-0.25, -0.2) is 0 Å². The number of nitrogens with zero attached hydrogens (tertiary/aromatic N) is 2. The molecular formula is C18H24N2O. The first kappa shape index (κ1) is 14.2. The Kier molecular flexibility index (Phi) is 4.28. The van der Waals surface area contributed by atoms with Crippen LogP contribution >= 0.6 is 0 Å². The number of carbonyl (C=O) groups is 1. The zero-order valence-corrected chi connectivity index (χ0v) is 12.8. The van der Waals surface area contributed by atoms with Crippen LogP contribution in [0.5, 0.6) is 0 Å². The lowest BCUT2D eigenvalue weighted by atomic mass is 10.1. The summed E-state index contributed by atoms with van der Waals surface area (Å²) in [6, 6.07) is 8.43. The molecule has 3 rings (SSSR count). The highest BCUT2D eigenvalue weighted by atomic mass is 16.2. The van der Waals surface area contributed by atoms with Gasteiger partial charge in [-0.15, -0.1) is 0 Å². The summed E-state index contributed by atoms with van der Waals surface area (Å²) in [7, 11) is 0. The second-order valence-electron chi connectivity index (χ2n) is 5.96. The number of anilines is 1. The predicted molar refractivity (Wildman–Crippen MR) is 86.8 cm³/mol. The lowest BCUT2D eigenvalue weighted by Crippen LogP contribution is -2.35. The molecule has 1 saturated heterocycles. The van der Waals surface area contributed by atoms with Crippen molar-refractivity contribution in [3.8, 4) is 0 Å². The van der Waals surface area contributed by atoms with Gasteiger partial charge in [0.25, 0.3) is 5.91 Å². The van der Waals surface area contributed by atoms with Gasteiger partial charge in [0.1, 0.15) is 0 Å². The van der Waals surface area contributed by atoms with Crippen molar-refractivity contribution in [2.24, 2.45) is 0 Å². The van der Waals surface area contributed by atoms with Crippen LogP contribution in [0.2, 0.25) is 0 Å². The molecule has 0 spiro atoms. The number of piperidine rings is 1. The van der Waals surface area contributed by atoms with Crippen molar-refractivity contribution in [2.45, 2.75) is 38.6 Å². The van der Waals surface area contributed by atoms with E-state index in [1.807, 2.05) is 17.0 Å². The molecule has 0 bridgehead atoms. The molecule has 0 radical (unpaired) electrons. The molecule has 3 heteroatoms. The van der Waals surface area contributed by atoms with E-state index in [0.717, 1.165) is 31.6 Å². The first-order valence-electron chi connectivity index (χ1n) is 8.12. The van der Waals surface area contributed by atoms with E-state index in [9.17, 15) is 4.79 Å². The summed E-state index contributed by atoms with van der Waals surface area (Å²) in [5.74, 6) is 0.150. The van der Waals surface area contributed by atoms with Gasteiger partial charge in [-0.05, 0) is 49.9 Å². The van der Waals surface area contributed by atoms with Gasteiger partial charge in [0.15, 0.2) is 0 Å². The fourth-order valence-electron chi connectivity index (χ4n) is 3.29. The summed E-state index contributed by atoms with van der Waals surface area (Å²) in [6.07, 6.45) is 9.10. The Balaban J connectivity index is 1.70. The van der Waals surface area contributed by atoms with Crippen LogP contribution in [0.3, 0.4) is 0 Å². The average Bonchev–Trinajstić information content (AvgIpc) is 3.04. The highest BCUT2D eigenvalue weighted by Gasteiger charge is 2.24. The first-order chi connectivity index (χ1) is 10.3. The summed E-state index contributed by atoms with van der Waals surface area (Å²) < 4.78 is 0. The number of rotatable bonds is 3. The molecule has 112 valence electrons. The quantitative estimate of drug-likeness (QED) is 0.794. The lowest BCUT2D eigenvalue weighted by molar-refractivity contribution is 0.0747. The van der Waals surface area contributed by atoms with Crippen molar-refractivity contribution in [2.75, 3.05) is 24.5 Å². The van der Waals surface area contributed by atoms with Crippen LogP contribution in [0.25, 0.3) is 0 Å². The van der Waals surface area contributed by atoms with Gasteiger partial charge in [-0.1, -0.05) is 19.1 Å². The zero-order chi connectivity index (χ0) is 14.7. The van der Waals surface area contributed by atoms with Gasteiger partial charge < -0.3 is 9.80 Å². The van der Waals surface area contributed by atoms with Crippen LogP contribution in [-0.2, 0) is 0 Å². The molecule has 2 aliphatic heterocycles. The Hall–Kier alpha value is -1.77. The molecule has 2 aliphatic rings. The van der Waals surface area contributed by atoms with Crippen LogP contribution in [0, 0.1) is 0 Å². The second kappa shape index (κ2) is 6.33. The standard InChI is InChI=1S/C18H24N2O/c1-2-16-7-6-14-20(16)18(21)15-8-10-17(11-9-15)19-12-4-3-5-13-19/h6-11,16H,2-5,12-14H2,1H3/t16-/m1/s1. The van der Waals surface area contributed by atoms with Crippen molar-refractivity contribution in [1.82, 2.24) is 4.90 Å². The van der Waals surface area contributed by atoms with E-state index in [1.54, 1.807) is 0 Å². The van der Waals surface area contributed by atoms with E-state index in [4.69, 9.17) is 0 Å². The van der Waals surface area contributed by atoms with Gasteiger partial charge in [-0.2, -0.15) is 0 Å². The monoisotopic (exact) mass is 284 g/mol. The highest BCUT2D eigenvalue weighted by Crippen LogP contribution is 2.22. The summed E-state index contributed by atoms with van der Waals surface area (Å²) >= 11 is 0. The van der Waals surface area contributed by atoms with Crippen LogP contribution in [0.4, 0.5) is 5.69 Å². The van der Waals surface area contributed by atoms with Crippen LogP contribution in [-0.4, -0.2) is 36.5 Å². The number of amides is 1. The Morgan fingerprint density at radius 1 is 1.14 bits per heavy atom. The summed E-state index contributed by atoms with van der Waals surface area (Å²) in [5.41, 5.74) is 2.05. The van der Waals surface area contributed by atoms with Crippen molar-refractivity contribution < 1.29 is 4.79 Å². The fraction of sp³-hybridized carbons (Fsp3) is 0.500. The fourth-order valence-corrected chi connectivity index (χ4v) is 3.29. The van der Waals surface area contributed by atoms with Gasteiger partial charge >= 0.3 is 0 Å². The smallest absolute Gasteiger partial charge is 0.254 e. The van der Waals surface area contributed by atoms with E-state index >= 15 is 0 Å². The predicted octanol–water partition coefficient (Wildman–Crippen LogP) is 3.47. The summed E-state index contributed by atoms with van der Waals surface area (Å²) in [5, 5.41) is 0. The normalized spacial score (nSPS) is 21.9. The van der Waals surface area contributed by atoms with Crippen LogP contribution in [0.15, 0.2) is 36.4 Å². The third-order valence-corrected chi connectivity index (χ3v) is 4.58. The molecule has 1 aromatic carbocycles. The summed E-state index contributed by atoms with van der Waals surface area (Å²) in [6.45, 7) is 5.15. The van der Waals surface area contributed by atoms with Crippen LogP contribution < -0.4 is 4.90 Å². The Bertz CT molecular complexity index is 515. The van der Waals surface area contributed by atoms with E-state index in [0.29, 0.717) is 0 Å². The Labute approximate surface area is 127 Å². The average molecular weight is 284 g/mol. The third-order valence-electron chi connectivity index (χ3n) is 4.58. The lowest BCUT2D eigenvalue weighted by Gasteiger charge is -2.29. The number of hydrogen-bond donors (Lipinski definition) is 0. The van der Waals surface area contributed by atoms with E-state index in [1.165, 1.54) is 24.9 Å². The van der Waals surface area contributed by atoms with Gasteiger partial charge in [0, 0.05) is 30.9 Å². The molecule has 3 nitrogen and oxygen atoms in total. The molecular weight excluding hydrogens is 260 g/mol. The Morgan fingerprint density at radius 3 is 2.52 bits per heavy atom. The maximum absolute atomic E-state index is 12.6. The van der Waals surface area contributed by atoms with E-state index in [2.05, 4.69) is 36.1 Å². The molecule has 0 unspecified atom stereocenters. The molecule has 0 N–H and O–H groups in total. The second-order valence-corrected chi connectivity index (χ2v) is 5.96. The largest absolute Gasteiger partial charge is 0.372 e. The molecule has 2 heterocycles. The van der Waals surface area contributed by atoms with Crippen molar-refractivity contribution in [1.29, 1.82) is 0 Å². The number of benzene rings is 1. The van der Waals surface area contributed by atoms with Crippen molar-refractivity contribution in [3.05, 3.63) is 42.0 Å². The number of carbonyl (C=O) groups excluding carboxylic acids is 1. The molecule has 0 saturated carbocycles. The van der Waals surface area contributed by atoms with E-state index in [-0.39, 0.29) is 11.9 Å². The minimum atomic E-state index is 0.150. The van der Waals surface area contributed by atoms with Gasteiger partial charge in [0.05, 0.1) is 6.04 Å². The zero-order valence-electron chi connectivity index (χ0n) is 12.8. The van der Waals surface area contributed by atoms with Crippen LogP contribution in [0.1, 0.15) is 43.0 Å². The molecule has 1 amide bonds.